The van der Waals surface area contributed by atoms with Crippen LogP contribution in [-0.4, -0.2) is 20.2 Å². The fourth-order valence-corrected chi connectivity index (χ4v) is 2.40. The summed E-state index contributed by atoms with van der Waals surface area (Å²) in [6.45, 7) is 2.22. The highest BCUT2D eigenvalue weighted by atomic mass is 35.5. The first kappa shape index (κ1) is 13.2. The third kappa shape index (κ3) is 3.30. The average Bonchev–Trinajstić information content (AvgIpc) is 2.26. The number of hydrogen-bond donors (Lipinski definition) is 1. The second kappa shape index (κ2) is 5.43. The van der Waals surface area contributed by atoms with Gasteiger partial charge in [-0.05, 0) is 30.2 Å². The van der Waals surface area contributed by atoms with Gasteiger partial charge in [-0.15, -0.1) is 0 Å². The van der Waals surface area contributed by atoms with Crippen LogP contribution in [0.3, 0.4) is 0 Å². The van der Waals surface area contributed by atoms with Gasteiger partial charge in [-0.1, -0.05) is 19.1 Å². The van der Waals surface area contributed by atoms with E-state index in [0.29, 0.717) is 13.0 Å². The highest BCUT2D eigenvalue weighted by Crippen LogP contribution is 2.12. The molecule has 1 aromatic carbocycles. The number of carbonyl (C=O) groups excluding carboxylic acids is 1. The molecule has 0 amide bonds. The van der Waals surface area contributed by atoms with Gasteiger partial charge in [-0.3, -0.25) is 4.79 Å². The minimum absolute atomic E-state index is 0.0486. The molecule has 6 heteroatoms. The lowest BCUT2D eigenvalue weighted by molar-refractivity contribution is 0.108. The Morgan fingerprint density at radius 2 is 2.12 bits per heavy atom. The van der Waals surface area contributed by atoms with Gasteiger partial charge in [0, 0.05) is 12.1 Å². The first-order chi connectivity index (χ1) is 7.47. The summed E-state index contributed by atoms with van der Waals surface area (Å²) in [6.07, 6.45) is 0.702. The van der Waals surface area contributed by atoms with Crippen molar-refractivity contribution in [3.8, 4) is 0 Å². The second-order valence-electron chi connectivity index (χ2n) is 3.20. The highest BCUT2D eigenvalue weighted by Gasteiger charge is 2.14. The molecule has 1 aromatic rings. The largest absolute Gasteiger partial charge is 0.276 e. The maximum atomic E-state index is 11.7. The fraction of sp³-hybridized carbons (Fsp3) is 0.300. The van der Waals surface area contributed by atoms with Crippen LogP contribution in [0, 0.1) is 0 Å². The van der Waals surface area contributed by atoms with Crippen LogP contribution in [0.25, 0.3) is 0 Å². The minimum atomic E-state index is -3.54. The van der Waals surface area contributed by atoms with Gasteiger partial charge in [0.2, 0.25) is 10.0 Å². The number of benzene rings is 1. The first-order valence-corrected chi connectivity index (χ1v) is 6.63. The Labute approximate surface area is 99.7 Å². The van der Waals surface area contributed by atoms with Gasteiger partial charge >= 0.3 is 0 Å². The number of rotatable bonds is 5. The van der Waals surface area contributed by atoms with Crippen LogP contribution < -0.4 is 4.72 Å². The molecular formula is C10H12ClNO3S. The van der Waals surface area contributed by atoms with Crippen molar-refractivity contribution in [2.75, 3.05) is 6.54 Å². The van der Waals surface area contributed by atoms with Crippen LogP contribution in [0.5, 0.6) is 0 Å². The Morgan fingerprint density at radius 3 is 2.69 bits per heavy atom. The van der Waals surface area contributed by atoms with Crippen LogP contribution in [0.1, 0.15) is 23.7 Å². The smallest absolute Gasteiger partial charge is 0.252 e. The summed E-state index contributed by atoms with van der Waals surface area (Å²) in [7, 11) is -3.54. The summed E-state index contributed by atoms with van der Waals surface area (Å²) in [5.74, 6) is 0. The fourth-order valence-electron chi connectivity index (χ4n) is 1.11. The summed E-state index contributed by atoms with van der Waals surface area (Å²) in [5, 5.41) is -0.674. The molecule has 0 atom stereocenters. The number of hydrogen-bond acceptors (Lipinski definition) is 3. The van der Waals surface area contributed by atoms with E-state index in [-0.39, 0.29) is 10.5 Å². The van der Waals surface area contributed by atoms with E-state index in [4.69, 9.17) is 11.6 Å². The Kier molecular flexibility index (Phi) is 4.46. The van der Waals surface area contributed by atoms with E-state index in [1.807, 2.05) is 6.92 Å². The Hall–Kier alpha value is -0.910. The summed E-state index contributed by atoms with van der Waals surface area (Å²) in [5.41, 5.74) is 0.168. The molecule has 4 nitrogen and oxygen atoms in total. The zero-order chi connectivity index (χ0) is 12.2. The molecule has 0 saturated heterocycles. The van der Waals surface area contributed by atoms with Gasteiger partial charge in [0.1, 0.15) is 0 Å². The summed E-state index contributed by atoms with van der Waals surface area (Å²) in [4.78, 5) is 10.9. The average molecular weight is 262 g/mol. The molecule has 0 aliphatic carbocycles. The van der Waals surface area contributed by atoms with Gasteiger partial charge in [0.25, 0.3) is 5.24 Å². The molecule has 1 N–H and O–H groups in total. The molecule has 16 heavy (non-hydrogen) atoms. The van der Waals surface area contributed by atoms with Gasteiger partial charge in [-0.2, -0.15) is 0 Å². The molecule has 0 aromatic heterocycles. The van der Waals surface area contributed by atoms with Crippen molar-refractivity contribution in [1.29, 1.82) is 0 Å². The molecule has 0 radical (unpaired) electrons. The zero-order valence-electron chi connectivity index (χ0n) is 8.73. The Morgan fingerprint density at radius 1 is 1.44 bits per heavy atom. The third-order valence-corrected chi connectivity index (χ3v) is 3.59. The van der Waals surface area contributed by atoms with E-state index in [1.165, 1.54) is 24.3 Å². The number of carbonyl (C=O) groups is 1. The van der Waals surface area contributed by atoms with Gasteiger partial charge in [0.05, 0.1) is 4.90 Å². The van der Waals surface area contributed by atoms with Crippen LogP contribution in [0.15, 0.2) is 29.2 Å². The lowest BCUT2D eigenvalue weighted by Gasteiger charge is -2.05. The molecule has 0 fully saturated rings. The summed E-state index contributed by atoms with van der Waals surface area (Å²) >= 11 is 5.28. The van der Waals surface area contributed by atoms with Gasteiger partial charge < -0.3 is 0 Å². The minimum Gasteiger partial charge on any atom is -0.276 e. The standard InChI is InChI=1S/C10H12ClNO3S/c1-2-6-12-16(14,15)9-5-3-4-8(7-9)10(11)13/h3-5,7,12H,2,6H2,1H3. The van der Waals surface area contributed by atoms with Crippen LogP contribution in [-0.2, 0) is 10.0 Å². The zero-order valence-corrected chi connectivity index (χ0v) is 10.3. The number of sulfonamides is 1. The van der Waals surface area contributed by atoms with E-state index < -0.39 is 15.3 Å². The second-order valence-corrected chi connectivity index (χ2v) is 5.31. The molecule has 88 valence electrons. The third-order valence-electron chi connectivity index (χ3n) is 1.91. The van der Waals surface area contributed by atoms with Crippen molar-refractivity contribution in [1.82, 2.24) is 4.72 Å². The molecule has 0 bridgehead atoms. The monoisotopic (exact) mass is 261 g/mol. The van der Waals surface area contributed by atoms with Crippen LogP contribution >= 0.6 is 11.6 Å². The van der Waals surface area contributed by atoms with E-state index in [0.717, 1.165) is 0 Å². The maximum Gasteiger partial charge on any atom is 0.252 e. The number of halogens is 1. The first-order valence-electron chi connectivity index (χ1n) is 4.77. The topological polar surface area (TPSA) is 63.2 Å². The predicted molar refractivity (Wildman–Crippen MR) is 62.1 cm³/mol. The summed E-state index contributed by atoms with van der Waals surface area (Å²) < 4.78 is 25.8. The van der Waals surface area contributed by atoms with Crippen LogP contribution in [0.2, 0.25) is 0 Å². The highest BCUT2D eigenvalue weighted by molar-refractivity contribution is 7.89. The predicted octanol–water partition coefficient (Wildman–Crippen LogP) is 1.75. The van der Waals surface area contributed by atoms with Crippen molar-refractivity contribution >= 4 is 26.9 Å². The quantitative estimate of drug-likeness (QED) is 0.822. The number of nitrogens with one attached hydrogen (secondary N) is 1. The van der Waals surface area contributed by atoms with Crippen LogP contribution in [0.4, 0.5) is 0 Å². The lowest BCUT2D eigenvalue weighted by atomic mass is 10.2. The van der Waals surface area contributed by atoms with Gasteiger partial charge in [-0.25, -0.2) is 13.1 Å². The van der Waals surface area contributed by atoms with E-state index in [1.54, 1.807) is 0 Å². The molecular weight excluding hydrogens is 250 g/mol. The van der Waals surface area contributed by atoms with Crippen molar-refractivity contribution in [3.63, 3.8) is 0 Å². The molecule has 0 saturated carbocycles. The SMILES string of the molecule is CCCNS(=O)(=O)c1cccc(C(=O)Cl)c1. The molecule has 1 rings (SSSR count). The van der Waals surface area contributed by atoms with Gasteiger partial charge in [0.15, 0.2) is 0 Å². The van der Waals surface area contributed by atoms with Crippen molar-refractivity contribution in [3.05, 3.63) is 29.8 Å². The lowest BCUT2D eigenvalue weighted by Crippen LogP contribution is -2.24. The van der Waals surface area contributed by atoms with E-state index >= 15 is 0 Å². The summed E-state index contributed by atoms with van der Waals surface area (Å²) in [6, 6.07) is 5.62. The normalized spacial score (nSPS) is 11.4. The van der Waals surface area contributed by atoms with E-state index in [9.17, 15) is 13.2 Å². The van der Waals surface area contributed by atoms with Crippen molar-refractivity contribution in [2.24, 2.45) is 0 Å². The molecule has 0 aliphatic rings. The molecule has 0 spiro atoms. The molecule has 0 aliphatic heterocycles. The van der Waals surface area contributed by atoms with Crippen molar-refractivity contribution in [2.45, 2.75) is 18.2 Å². The molecule has 0 unspecified atom stereocenters. The Balaban J connectivity index is 3.04. The Bertz CT molecular complexity index is 485. The van der Waals surface area contributed by atoms with Crippen molar-refractivity contribution < 1.29 is 13.2 Å². The molecule has 0 heterocycles. The maximum absolute atomic E-state index is 11.7. The van der Waals surface area contributed by atoms with E-state index in [2.05, 4.69) is 4.72 Å².